The minimum absolute atomic E-state index is 0.419. The van der Waals surface area contributed by atoms with Crippen molar-refractivity contribution in [2.24, 2.45) is 92.7 Å². The lowest BCUT2D eigenvalue weighted by Gasteiger charge is -2.62. The third kappa shape index (κ3) is 9.29. The van der Waals surface area contributed by atoms with Gasteiger partial charge in [-0.1, -0.05) is 67.2 Å². The molecule has 0 amide bonds. The average molecular weight is 837 g/mol. The van der Waals surface area contributed by atoms with Gasteiger partial charge >= 0.3 is 0 Å². The summed E-state index contributed by atoms with van der Waals surface area (Å²) in [6, 6.07) is 0. The van der Waals surface area contributed by atoms with E-state index >= 15 is 0 Å². The van der Waals surface area contributed by atoms with Crippen molar-refractivity contribution in [2.45, 2.75) is 260 Å². The molecule has 18 atom stereocenters. The lowest BCUT2D eigenvalue weighted by molar-refractivity contribution is -0.148. The van der Waals surface area contributed by atoms with Crippen LogP contribution in [0.2, 0.25) is 0 Å². The van der Waals surface area contributed by atoms with Crippen LogP contribution < -0.4 is 0 Å². The molecule has 4 N–H and O–H groups in total. The summed E-state index contributed by atoms with van der Waals surface area (Å²) < 4.78 is 0. The molecule has 8 aliphatic rings. The Kier molecular flexibility index (Phi) is 13.5. The molecule has 8 saturated carbocycles. The van der Waals surface area contributed by atoms with E-state index in [0.29, 0.717) is 21.7 Å². The van der Waals surface area contributed by atoms with Crippen LogP contribution in [-0.4, -0.2) is 42.8 Å². The van der Waals surface area contributed by atoms with Crippen LogP contribution in [0.15, 0.2) is 0 Å². The molecule has 0 aromatic rings. The maximum Gasteiger partial charge on any atom is 0.0622 e. The SMILES string of the molecule is C[C@H](CCCC(C)(C)O)[C@H]1CC[C@H]2[C@@H]3CC[C@@H]4C[C@@](C)(O)CC[C@]4(C)[C@H]3CC[C@]12C.C[C@H](CCCC(C)(C)O)[C@H]1CC[C@H]2[C@@H]3CC[C@H]4C[C@@](C)(O)CC[C@]4(C)[C@H]3CC[C@]12C. The third-order valence-electron chi connectivity index (χ3n) is 22.3. The van der Waals surface area contributed by atoms with Gasteiger partial charge in [0, 0.05) is 0 Å². The normalized spacial score (nSPS) is 49.8. The van der Waals surface area contributed by atoms with Crippen LogP contribution in [0.25, 0.3) is 0 Å². The molecule has 0 heterocycles. The number of hydrogen-bond acceptors (Lipinski definition) is 4. The van der Waals surface area contributed by atoms with Gasteiger partial charge in [0.05, 0.1) is 22.4 Å². The third-order valence-corrected chi connectivity index (χ3v) is 22.3. The highest BCUT2D eigenvalue weighted by molar-refractivity contribution is 5.12. The van der Waals surface area contributed by atoms with Crippen LogP contribution in [0, 0.1) is 92.7 Å². The van der Waals surface area contributed by atoms with Gasteiger partial charge in [-0.3, -0.25) is 0 Å². The zero-order valence-electron chi connectivity index (χ0n) is 41.7. The first-order chi connectivity index (χ1) is 27.7. The molecule has 0 spiro atoms. The molecule has 0 aromatic carbocycles. The molecule has 0 aliphatic heterocycles. The van der Waals surface area contributed by atoms with Crippen LogP contribution in [0.5, 0.6) is 0 Å². The van der Waals surface area contributed by atoms with Gasteiger partial charge in [-0.2, -0.15) is 0 Å². The lowest BCUT2D eigenvalue weighted by atomic mass is 9.43. The molecular formula is C56H100O4. The lowest BCUT2D eigenvalue weighted by Crippen LogP contribution is -2.55. The molecule has 4 nitrogen and oxygen atoms in total. The molecule has 348 valence electrons. The Balaban J connectivity index is 0.000000181. The van der Waals surface area contributed by atoms with Crippen molar-refractivity contribution in [3.8, 4) is 0 Å². The van der Waals surface area contributed by atoms with Crippen LogP contribution >= 0.6 is 0 Å². The van der Waals surface area contributed by atoms with Gasteiger partial charge in [-0.05, 0) is 263 Å². The van der Waals surface area contributed by atoms with Gasteiger partial charge in [0.15, 0.2) is 0 Å². The molecule has 0 radical (unpaired) electrons. The van der Waals surface area contributed by atoms with Crippen molar-refractivity contribution in [3.63, 3.8) is 0 Å². The Morgan fingerprint density at radius 3 is 1.15 bits per heavy atom. The van der Waals surface area contributed by atoms with Gasteiger partial charge < -0.3 is 20.4 Å². The van der Waals surface area contributed by atoms with Crippen LogP contribution in [0.1, 0.15) is 237 Å². The van der Waals surface area contributed by atoms with E-state index in [1.165, 1.54) is 103 Å². The number of fused-ring (bicyclic) bond motifs is 10. The monoisotopic (exact) mass is 837 g/mol. The summed E-state index contributed by atoms with van der Waals surface area (Å²) in [4.78, 5) is 0. The van der Waals surface area contributed by atoms with E-state index < -0.39 is 22.4 Å². The minimum atomic E-state index is -0.515. The molecule has 4 heteroatoms. The van der Waals surface area contributed by atoms with E-state index in [-0.39, 0.29) is 0 Å². The van der Waals surface area contributed by atoms with Crippen molar-refractivity contribution >= 4 is 0 Å². The van der Waals surface area contributed by atoms with Gasteiger partial charge in [0.25, 0.3) is 0 Å². The average Bonchev–Trinajstić information content (AvgIpc) is 3.68. The summed E-state index contributed by atoms with van der Waals surface area (Å²) in [6.45, 7) is 27.5. The summed E-state index contributed by atoms with van der Waals surface area (Å²) in [6.07, 6.45) is 30.3. The molecule has 8 rings (SSSR count). The van der Waals surface area contributed by atoms with Crippen molar-refractivity contribution < 1.29 is 20.4 Å². The van der Waals surface area contributed by atoms with Crippen molar-refractivity contribution in [2.75, 3.05) is 0 Å². The summed E-state index contributed by atoms with van der Waals surface area (Å²) in [5.41, 5.74) is 0.162. The largest absolute Gasteiger partial charge is 0.390 e. The second-order valence-corrected chi connectivity index (χ2v) is 27.5. The topological polar surface area (TPSA) is 80.9 Å². The molecule has 8 aliphatic carbocycles. The Morgan fingerprint density at radius 1 is 0.450 bits per heavy atom. The highest BCUT2D eigenvalue weighted by atomic mass is 16.3. The van der Waals surface area contributed by atoms with Gasteiger partial charge in [0.2, 0.25) is 0 Å². The number of hydrogen-bond donors (Lipinski definition) is 4. The molecule has 0 saturated heterocycles. The summed E-state index contributed by atoms with van der Waals surface area (Å²) in [7, 11) is 0. The van der Waals surface area contributed by atoms with Gasteiger partial charge in [-0.25, -0.2) is 0 Å². The predicted octanol–water partition coefficient (Wildman–Crippen LogP) is 13.9. The molecular weight excluding hydrogens is 737 g/mol. The Bertz CT molecular complexity index is 1350. The Morgan fingerprint density at radius 2 is 0.800 bits per heavy atom. The van der Waals surface area contributed by atoms with Crippen LogP contribution in [0.4, 0.5) is 0 Å². The molecule has 0 aromatic heterocycles. The van der Waals surface area contributed by atoms with E-state index in [2.05, 4.69) is 55.4 Å². The van der Waals surface area contributed by atoms with Crippen molar-refractivity contribution in [3.05, 3.63) is 0 Å². The zero-order chi connectivity index (χ0) is 43.9. The summed E-state index contributed by atoms with van der Waals surface area (Å²) in [5, 5.41) is 41.6. The van der Waals surface area contributed by atoms with Gasteiger partial charge in [-0.15, -0.1) is 0 Å². The fraction of sp³-hybridized carbons (Fsp3) is 1.00. The first kappa shape index (κ1) is 47.8. The fourth-order valence-electron chi connectivity index (χ4n) is 18.9. The van der Waals surface area contributed by atoms with E-state index in [4.69, 9.17) is 0 Å². The second-order valence-electron chi connectivity index (χ2n) is 27.5. The smallest absolute Gasteiger partial charge is 0.0622 e. The first-order valence-corrected chi connectivity index (χ1v) is 26.6. The summed E-state index contributed by atoms with van der Waals surface area (Å²) >= 11 is 0. The predicted molar refractivity (Wildman–Crippen MR) is 250 cm³/mol. The van der Waals surface area contributed by atoms with E-state index in [9.17, 15) is 20.4 Å². The highest BCUT2D eigenvalue weighted by Gasteiger charge is 2.63. The quantitative estimate of drug-likeness (QED) is 0.177. The van der Waals surface area contributed by atoms with E-state index in [1.54, 1.807) is 0 Å². The molecule has 8 fully saturated rings. The summed E-state index contributed by atoms with van der Waals surface area (Å²) in [5.74, 6) is 10.3. The van der Waals surface area contributed by atoms with E-state index in [1.807, 2.05) is 27.7 Å². The van der Waals surface area contributed by atoms with Crippen LogP contribution in [0.3, 0.4) is 0 Å². The Hall–Kier alpha value is -0.160. The standard InChI is InChI=1S/2C28H50O2/c2*1-19(8-7-14-25(2,3)29)22-11-12-23-21-10-9-20-18-26(4,30)16-17-27(20,5)24(21)13-15-28(22,23)6/h2*19-24,29-30H,7-18H2,1-6H3/t19-,20+,21+,22-,23+,24+,26+,27+,28-;19-,20-,21+,22-,23+,24+,26+,27+,28-/m11/s1. The second kappa shape index (κ2) is 16.9. The Labute approximate surface area is 371 Å². The van der Waals surface area contributed by atoms with Gasteiger partial charge in [0.1, 0.15) is 0 Å². The maximum absolute atomic E-state index is 10.7. The van der Waals surface area contributed by atoms with Crippen LogP contribution in [-0.2, 0) is 0 Å². The molecule has 60 heavy (non-hydrogen) atoms. The van der Waals surface area contributed by atoms with Crippen molar-refractivity contribution in [1.82, 2.24) is 0 Å². The van der Waals surface area contributed by atoms with Crippen molar-refractivity contribution in [1.29, 1.82) is 0 Å². The molecule has 0 bridgehead atoms. The number of aliphatic hydroxyl groups is 4. The van der Waals surface area contributed by atoms with E-state index in [0.717, 1.165) is 122 Å². The fourth-order valence-corrected chi connectivity index (χ4v) is 18.9. The molecule has 0 unspecified atom stereocenters. The minimum Gasteiger partial charge on any atom is -0.390 e. The highest BCUT2D eigenvalue weighted by Crippen LogP contribution is 2.71. The first-order valence-electron chi connectivity index (χ1n) is 26.6. The maximum atomic E-state index is 10.7. The number of rotatable bonds is 10. The zero-order valence-corrected chi connectivity index (χ0v) is 41.7.